The van der Waals surface area contributed by atoms with Crippen molar-refractivity contribution in [2.24, 2.45) is 0 Å². The van der Waals surface area contributed by atoms with Crippen molar-refractivity contribution in [2.45, 2.75) is 40.7 Å². The number of imidazole rings is 1. The second-order valence-corrected chi connectivity index (χ2v) is 8.08. The van der Waals surface area contributed by atoms with Crippen LogP contribution in [0.5, 0.6) is 0 Å². The first-order chi connectivity index (χ1) is 14.9. The van der Waals surface area contributed by atoms with Crippen LogP contribution in [0.2, 0.25) is 0 Å². The minimum Gasteiger partial charge on any atom is -0.368 e. The fourth-order valence-electron chi connectivity index (χ4n) is 3.84. The lowest BCUT2D eigenvalue weighted by Crippen LogP contribution is -2.45. The fraction of sp³-hybridized carbons (Fsp3) is 0.440. The fourth-order valence-corrected chi connectivity index (χ4v) is 3.84. The molecule has 2 aliphatic heterocycles. The van der Waals surface area contributed by atoms with Gasteiger partial charge in [-0.25, -0.2) is 4.98 Å². The lowest BCUT2D eigenvalue weighted by atomic mass is 10.1. The van der Waals surface area contributed by atoms with Crippen LogP contribution in [0.25, 0.3) is 11.2 Å². The van der Waals surface area contributed by atoms with E-state index in [1.54, 1.807) is 6.08 Å². The number of aromatic nitrogens is 2. The molecule has 0 N–H and O–H groups in total. The minimum atomic E-state index is 0.00730. The topological polar surface area (TPSA) is 44.1 Å². The lowest BCUT2D eigenvalue weighted by molar-refractivity contribution is -0.124. The molecule has 4 heterocycles. The second kappa shape index (κ2) is 9.96. The summed E-state index contributed by atoms with van der Waals surface area (Å²) in [5.41, 5.74) is 4.98. The summed E-state index contributed by atoms with van der Waals surface area (Å²) in [6.45, 7) is 14.1. The highest BCUT2D eigenvalue weighted by atomic mass is 16.2. The first kappa shape index (κ1) is 22.8. The van der Waals surface area contributed by atoms with Gasteiger partial charge in [0.05, 0.1) is 17.4 Å². The van der Waals surface area contributed by atoms with E-state index in [0.717, 1.165) is 54.4 Å². The number of hydrogen-bond acceptors (Lipinski definition) is 4. The van der Waals surface area contributed by atoms with E-state index in [-0.39, 0.29) is 11.9 Å². The maximum atomic E-state index is 13.1. The number of aryl methyl sites for hydroxylation is 1. The summed E-state index contributed by atoms with van der Waals surface area (Å²) in [4.78, 5) is 24.0. The average Bonchev–Trinajstić information content (AvgIpc) is 3.15. The molecule has 0 bridgehead atoms. The number of rotatable bonds is 3. The van der Waals surface area contributed by atoms with Crippen molar-refractivity contribution in [1.29, 1.82) is 0 Å². The number of fused-ring (bicyclic) bond motifs is 1. The predicted molar refractivity (Wildman–Crippen MR) is 128 cm³/mol. The lowest BCUT2D eigenvalue weighted by Gasteiger charge is -2.37. The van der Waals surface area contributed by atoms with Gasteiger partial charge in [-0.15, -0.1) is 0 Å². The van der Waals surface area contributed by atoms with E-state index >= 15 is 0 Å². The second-order valence-electron chi connectivity index (χ2n) is 8.08. The number of nitrogens with zero attached hydrogens (tertiary/aromatic N) is 5. The van der Waals surface area contributed by atoms with Crippen molar-refractivity contribution in [3.05, 3.63) is 65.9 Å². The van der Waals surface area contributed by atoms with E-state index in [0.29, 0.717) is 0 Å². The molecule has 0 radical (unpaired) electrons. The maximum absolute atomic E-state index is 13.1. The van der Waals surface area contributed by atoms with E-state index < -0.39 is 0 Å². The number of likely N-dealkylation sites (N-methyl/N-ethyl adjacent to an activating group) is 1. The molecule has 0 aliphatic carbocycles. The highest BCUT2D eigenvalue weighted by Gasteiger charge is 2.22. The van der Waals surface area contributed by atoms with Gasteiger partial charge in [-0.2, -0.15) is 0 Å². The van der Waals surface area contributed by atoms with Crippen LogP contribution in [0.3, 0.4) is 0 Å². The molecule has 1 unspecified atom stereocenters. The molecule has 31 heavy (non-hydrogen) atoms. The molecule has 4 rings (SSSR count). The molecule has 6 heteroatoms. The van der Waals surface area contributed by atoms with Crippen LogP contribution in [-0.2, 0) is 4.79 Å². The van der Waals surface area contributed by atoms with Crippen LogP contribution < -0.4 is 0 Å². The zero-order chi connectivity index (χ0) is 22.5. The first-order valence-corrected chi connectivity index (χ1v) is 11.2. The molecule has 166 valence electrons. The number of piperazine rings is 1. The van der Waals surface area contributed by atoms with Gasteiger partial charge in [0.25, 0.3) is 5.91 Å². The summed E-state index contributed by atoms with van der Waals surface area (Å²) in [5.74, 6) is 0.00730. The van der Waals surface area contributed by atoms with Crippen LogP contribution in [0.4, 0.5) is 0 Å². The Morgan fingerprint density at radius 2 is 1.84 bits per heavy atom. The smallest absolute Gasteiger partial charge is 0.251 e. The Kier molecular flexibility index (Phi) is 7.33. The van der Waals surface area contributed by atoms with Gasteiger partial charge in [0.1, 0.15) is 5.65 Å². The molecule has 1 fully saturated rings. The van der Waals surface area contributed by atoms with Crippen LogP contribution in [0.1, 0.15) is 39.0 Å². The van der Waals surface area contributed by atoms with Gasteiger partial charge in [0, 0.05) is 50.8 Å². The molecule has 2 aromatic heterocycles. The van der Waals surface area contributed by atoms with Crippen LogP contribution >= 0.6 is 0 Å². The molecule has 6 nitrogen and oxygen atoms in total. The van der Waals surface area contributed by atoms with Crippen molar-refractivity contribution in [2.75, 3.05) is 33.2 Å². The third-order valence-electron chi connectivity index (χ3n) is 5.75. The zero-order valence-electron chi connectivity index (χ0n) is 19.7. The molecular weight excluding hydrogens is 386 g/mol. The quantitative estimate of drug-likeness (QED) is 0.704. The van der Waals surface area contributed by atoms with Crippen LogP contribution in [0.15, 0.2) is 54.7 Å². The van der Waals surface area contributed by atoms with Crippen molar-refractivity contribution >= 4 is 17.1 Å². The number of amides is 1. The SMILES string of the molecule is C/C(=C\C(=O)N1C=C(N2CCN(C)CC2)C=CC1C)c1ccc2nc(C)cn2c1.CC. The number of allylic oxidation sites excluding steroid dienone is 2. The van der Waals surface area contributed by atoms with Crippen molar-refractivity contribution < 1.29 is 4.79 Å². The molecule has 1 saturated heterocycles. The Morgan fingerprint density at radius 1 is 1.13 bits per heavy atom. The third kappa shape index (κ3) is 5.25. The van der Waals surface area contributed by atoms with Crippen LogP contribution in [-0.4, -0.2) is 69.3 Å². The van der Waals surface area contributed by atoms with E-state index in [1.165, 1.54) is 0 Å². The van der Waals surface area contributed by atoms with E-state index in [1.807, 2.05) is 67.7 Å². The number of carbonyl (C=O) groups is 1. The molecule has 1 atom stereocenters. The highest BCUT2D eigenvalue weighted by Crippen LogP contribution is 2.21. The third-order valence-corrected chi connectivity index (χ3v) is 5.75. The highest BCUT2D eigenvalue weighted by molar-refractivity contribution is 5.96. The van der Waals surface area contributed by atoms with Gasteiger partial charge >= 0.3 is 0 Å². The van der Waals surface area contributed by atoms with Crippen LogP contribution in [0, 0.1) is 6.92 Å². The standard InChI is InChI=1S/C23H29N5O.C2H6/c1-17(20-6-8-22-24-18(2)14-27(22)15-20)13-23(29)28-16-21(7-5-19(28)3)26-11-9-25(4)10-12-26;1-2/h5-8,13-16,19H,9-12H2,1-4H3;1-2H3/b17-13+;. The number of carbonyl (C=O) groups excluding carboxylic acids is 1. The summed E-state index contributed by atoms with van der Waals surface area (Å²) >= 11 is 0. The maximum Gasteiger partial charge on any atom is 0.251 e. The number of hydrogen-bond donors (Lipinski definition) is 0. The van der Waals surface area contributed by atoms with Gasteiger partial charge in [0.15, 0.2) is 0 Å². The summed E-state index contributed by atoms with van der Waals surface area (Å²) in [7, 11) is 2.15. The monoisotopic (exact) mass is 421 g/mol. The molecule has 0 saturated carbocycles. The van der Waals surface area contributed by atoms with Gasteiger partial charge in [0.2, 0.25) is 0 Å². The Labute approximate surface area is 186 Å². The summed E-state index contributed by atoms with van der Waals surface area (Å²) < 4.78 is 2.00. The van der Waals surface area contributed by atoms with Gasteiger partial charge < -0.3 is 19.1 Å². The van der Waals surface area contributed by atoms with Gasteiger partial charge in [-0.05, 0) is 57.2 Å². The largest absolute Gasteiger partial charge is 0.368 e. The van der Waals surface area contributed by atoms with Gasteiger partial charge in [-0.3, -0.25) is 4.79 Å². The summed E-state index contributed by atoms with van der Waals surface area (Å²) in [6.07, 6.45) is 12.0. The molecule has 1 amide bonds. The zero-order valence-corrected chi connectivity index (χ0v) is 19.7. The molecular formula is C25H35N5O. The van der Waals surface area contributed by atoms with Crippen molar-refractivity contribution in [1.82, 2.24) is 24.1 Å². The first-order valence-electron chi connectivity index (χ1n) is 11.2. The normalized spacial score (nSPS) is 19.9. The Bertz CT molecular complexity index is 1010. The Morgan fingerprint density at radius 3 is 2.55 bits per heavy atom. The molecule has 2 aromatic rings. The molecule has 0 spiro atoms. The molecule has 0 aromatic carbocycles. The van der Waals surface area contributed by atoms with Gasteiger partial charge in [-0.1, -0.05) is 19.9 Å². The van der Waals surface area contributed by atoms with E-state index in [4.69, 9.17) is 0 Å². The molecule has 2 aliphatic rings. The minimum absolute atomic E-state index is 0.00730. The van der Waals surface area contributed by atoms with E-state index in [2.05, 4.69) is 40.9 Å². The Balaban J connectivity index is 0.00000132. The van der Waals surface area contributed by atoms with Crippen molar-refractivity contribution in [3.8, 4) is 0 Å². The van der Waals surface area contributed by atoms with Crippen molar-refractivity contribution in [3.63, 3.8) is 0 Å². The number of pyridine rings is 1. The predicted octanol–water partition coefficient (Wildman–Crippen LogP) is 3.95. The summed E-state index contributed by atoms with van der Waals surface area (Å²) in [5, 5.41) is 0. The average molecular weight is 422 g/mol. The summed E-state index contributed by atoms with van der Waals surface area (Å²) in [6, 6.07) is 4.05. The Hall–Kier alpha value is -2.86. The van der Waals surface area contributed by atoms with E-state index in [9.17, 15) is 4.79 Å².